The van der Waals surface area contributed by atoms with Gasteiger partial charge in [-0.15, -0.1) is 0 Å². The summed E-state index contributed by atoms with van der Waals surface area (Å²) in [4.78, 5) is 4.62. The van der Waals surface area contributed by atoms with E-state index in [1.165, 1.54) is 0 Å². The maximum atomic E-state index is 10.2. The third-order valence-electron chi connectivity index (χ3n) is 3.62. The Hall–Kier alpha value is -1.43. The first-order valence-corrected chi connectivity index (χ1v) is 7.13. The largest absolute Gasteiger partial charge is 0.392 e. The van der Waals surface area contributed by atoms with Gasteiger partial charge in [0.25, 0.3) is 0 Å². The molecule has 0 aliphatic carbocycles. The van der Waals surface area contributed by atoms with Crippen LogP contribution in [0.2, 0.25) is 0 Å². The van der Waals surface area contributed by atoms with Crippen LogP contribution in [0.1, 0.15) is 19.2 Å². The highest BCUT2D eigenvalue weighted by molar-refractivity contribution is 5.75. The average molecular weight is 276 g/mol. The molecule has 108 valence electrons. The highest BCUT2D eigenvalue weighted by atomic mass is 16.7. The number of aliphatic hydroxyl groups excluding tert-OH is 1. The molecule has 1 N–H and O–H groups in total. The van der Waals surface area contributed by atoms with Crippen molar-refractivity contribution in [3.63, 3.8) is 0 Å². The van der Waals surface area contributed by atoms with Crippen LogP contribution in [-0.2, 0) is 22.4 Å². The smallest absolute Gasteiger partial charge is 0.160 e. The summed E-state index contributed by atoms with van der Waals surface area (Å²) in [5, 5.41) is 10.2. The Labute approximate surface area is 118 Å². The summed E-state index contributed by atoms with van der Waals surface area (Å²) in [7, 11) is 0. The van der Waals surface area contributed by atoms with Gasteiger partial charge >= 0.3 is 0 Å². The molecule has 1 aromatic carbocycles. The van der Waals surface area contributed by atoms with Crippen molar-refractivity contribution in [2.24, 2.45) is 0 Å². The van der Waals surface area contributed by atoms with Crippen LogP contribution in [0, 0.1) is 0 Å². The van der Waals surface area contributed by atoms with E-state index in [0.29, 0.717) is 26.1 Å². The molecule has 0 bridgehead atoms. The van der Waals surface area contributed by atoms with Crippen LogP contribution in [0.3, 0.4) is 0 Å². The first kappa shape index (κ1) is 13.5. The molecule has 1 fully saturated rings. The molecule has 5 heteroatoms. The van der Waals surface area contributed by atoms with E-state index in [2.05, 4.69) is 22.5 Å². The summed E-state index contributed by atoms with van der Waals surface area (Å²) in [6, 6.07) is 8.05. The molecule has 2 heterocycles. The first-order chi connectivity index (χ1) is 9.78. The molecule has 5 nitrogen and oxygen atoms in total. The summed E-state index contributed by atoms with van der Waals surface area (Å²) in [6.45, 7) is 4.17. The third kappa shape index (κ3) is 2.70. The minimum absolute atomic E-state index is 0.274. The Morgan fingerprint density at radius 2 is 2.10 bits per heavy atom. The second kappa shape index (κ2) is 5.91. The van der Waals surface area contributed by atoms with E-state index in [0.717, 1.165) is 23.4 Å². The van der Waals surface area contributed by atoms with Crippen molar-refractivity contribution >= 4 is 11.0 Å². The molecule has 2 aromatic rings. The minimum Gasteiger partial charge on any atom is -0.392 e. The fourth-order valence-corrected chi connectivity index (χ4v) is 2.69. The van der Waals surface area contributed by atoms with E-state index in [1.54, 1.807) is 0 Å². The van der Waals surface area contributed by atoms with E-state index >= 15 is 0 Å². The zero-order chi connectivity index (χ0) is 13.9. The van der Waals surface area contributed by atoms with Crippen molar-refractivity contribution < 1.29 is 14.6 Å². The van der Waals surface area contributed by atoms with Crippen molar-refractivity contribution in [1.29, 1.82) is 0 Å². The van der Waals surface area contributed by atoms with Gasteiger partial charge in [-0.3, -0.25) is 0 Å². The summed E-state index contributed by atoms with van der Waals surface area (Å²) >= 11 is 0. The highest BCUT2D eigenvalue weighted by Gasteiger charge is 2.22. The molecule has 3 rings (SSSR count). The Bertz CT molecular complexity index is 576. The SMILES string of the molecule is CCn1c(CC(O)CC2OCCO2)nc2ccccc21. The van der Waals surface area contributed by atoms with Crippen LogP contribution in [-0.4, -0.2) is 40.3 Å². The lowest BCUT2D eigenvalue weighted by molar-refractivity contribution is -0.0701. The lowest BCUT2D eigenvalue weighted by atomic mass is 10.1. The molecular weight excluding hydrogens is 256 g/mol. The molecule has 1 aromatic heterocycles. The minimum atomic E-state index is -0.500. The van der Waals surface area contributed by atoms with Gasteiger partial charge in [-0.2, -0.15) is 0 Å². The van der Waals surface area contributed by atoms with Gasteiger partial charge in [-0.25, -0.2) is 4.98 Å². The standard InChI is InChI=1S/C15H20N2O3/c1-2-17-13-6-4-3-5-12(13)16-14(17)9-11(18)10-15-19-7-8-20-15/h3-6,11,15,18H,2,7-10H2,1H3. The number of ether oxygens (including phenoxy) is 2. The predicted molar refractivity (Wildman–Crippen MR) is 75.4 cm³/mol. The number of hydrogen-bond acceptors (Lipinski definition) is 4. The molecule has 1 saturated heterocycles. The normalized spacial score (nSPS) is 17.9. The number of hydrogen-bond donors (Lipinski definition) is 1. The molecule has 0 saturated carbocycles. The van der Waals surface area contributed by atoms with Crippen LogP contribution in [0.25, 0.3) is 11.0 Å². The van der Waals surface area contributed by atoms with Crippen LogP contribution in [0.5, 0.6) is 0 Å². The van der Waals surface area contributed by atoms with Crippen molar-refractivity contribution in [1.82, 2.24) is 9.55 Å². The van der Waals surface area contributed by atoms with E-state index in [-0.39, 0.29) is 6.29 Å². The molecule has 1 atom stereocenters. The number of imidazole rings is 1. The fraction of sp³-hybridized carbons (Fsp3) is 0.533. The number of aliphatic hydroxyl groups is 1. The molecule has 1 aliphatic rings. The van der Waals surface area contributed by atoms with Crippen LogP contribution < -0.4 is 0 Å². The van der Waals surface area contributed by atoms with Crippen molar-refractivity contribution in [3.05, 3.63) is 30.1 Å². The quantitative estimate of drug-likeness (QED) is 0.903. The fourth-order valence-electron chi connectivity index (χ4n) is 2.69. The van der Waals surface area contributed by atoms with E-state index in [4.69, 9.17) is 9.47 Å². The van der Waals surface area contributed by atoms with Gasteiger partial charge in [-0.1, -0.05) is 12.1 Å². The van der Waals surface area contributed by atoms with E-state index in [1.807, 2.05) is 18.2 Å². The number of aromatic nitrogens is 2. The average Bonchev–Trinajstić information content (AvgIpc) is 3.05. The second-order valence-corrected chi connectivity index (χ2v) is 5.03. The Morgan fingerprint density at radius 3 is 2.85 bits per heavy atom. The van der Waals surface area contributed by atoms with Crippen LogP contribution in [0.15, 0.2) is 24.3 Å². The highest BCUT2D eigenvalue weighted by Crippen LogP contribution is 2.19. The Morgan fingerprint density at radius 1 is 1.35 bits per heavy atom. The summed E-state index contributed by atoms with van der Waals surface area (Å²) in [5.41, 5.74) is 2.09. The van der Waals surface area contributed by atoms with Gasteiger partial charge in [0.05, 0.1) is 30.4 Å². The predicted octanol–water partition coefficient (Wildman–Crippen LogP) is 1.72. The van der Waals surface area contributed by atoms with Gasteiger partial charge < -0.3 is 19.1 Å². The molecular formula is C15H20N2O3. The van der Waals surface area contributed by atoms with Gasteiger partial charge in [0.1, 0.15) is 5.82 Å². The molecule has 0 amide bonds. The maximum absolute atomic E-state index is 10.2. The van der Waals surface area contributed by atoms with Gasteiger partial charge in [0.15, 0.2) is 6.29 Å². The van der Waals surface area contributed by atoms with E-state index in [9.17, 15) is 5.11 Å². The van der Waals surface area contributed by atoms with Crippen molar-refractivity contribution in [2.75, 3.05) is 13.2 Å². The number of para-hydroxylation sites is 2. The van der Waals surface area contributed by atoms with Gasteiger partial charge in [-0.05, 0) is 19.1 Å². The topological polar surface area (TPSA) is 56.5 Å². The van der Waals surface area contributed by atoms with Crippen molar-refractivity contribution in [2.45, 2.75) is 38.7 Å². The molecule has 0 spiro atoms. The van der Waals surface area contributed by atoms with Crippen LogP contribution >= 0.6 is 0 Å². The van der Waals surface area contributed by atoms with Crippen molar-refractivity contribution in [3.8, 4) is 0 Å². The number of aryl methyl sites for hydroxylation is 1. The molecule has 1 unspecified atom stereocenters. The van der Waals surface area contributed by atoms with Gasteiger partial charge in [0, 0.05) is 19.4 Å². The monoisotopic (exact) mass is 276 g/mol. The number of nitrogens with zero attached hydrogens (tertiary/aromatic N) is 2. The zero-order valence-corrected chi connectivity index (χ0v) is 11.7. The van der Waals surface area contributed by atoms with Crippen LogP contribution in [0.4, 0.5) is 0 Å². The number of fused-ring (bicyclic) bond motifs is 1. The Balaban J connectivity index is 1.75. The third-order valence-corrected chi connectivity index (χ3v) is 3.62. The van der Waals surface area contributed by atoms with Gasteiger partial charge in [0.2, 0.25) is 0 Å². The first-order valence-electron chi connectivity index (χ1n) is 7.13. The summed E-state index contributed by atoms with van der Waals surface area (Å²) in [6.07, 6.45) is 0.239. The Kier molecular flexibility index (Phi) is 4.00. The summed E-state index contributed by atoms with van der Waals surface area (Å²) in [5.74, 6) is 0.916. The number of rotatable bonds is 5. The molecule has 0 radical (unpaired) electrons. The van der Waals surface area contributed by atoms with E-state index < -0.39 is 6.10 Å². The number of benzene rings is 1. The second-order valence-electron chi connectivity index (χ2n) is 5.03. The molecule has 20 heavy (non-hydrogen) atoms. The summed E-state index contributed by atoms with van der Waals surface area (Å²) < 4.78 is 12.9. The lowest BCUT2D eigenvalue weighted by Gasteiger charge is -2.15. The zero-order valence-electron chi connectivity index (χ0n) is 11.7. The molecule has 1 aliphatic heterocycles. The maximum Gasteiger partial charge on any atom is 0.160 e. The lowest BCUT2D eigenvalue weighted by Crippen LogP contribution is -2.22.